The summed E-state index contributed by atoms with van der Waals surface area (Å²) in [6.07, 6.45) is 0. The second-order valence-electron chi connectivity index (χ2n) is 3.85. The molecule has 0 spiro atoms. The van der Waals surface area contributed by atoms with Crippen molar-refractivity contribution in [3.05, 3.63) is 59.2 Å². The Morgan fingerprint density at radius 2 is 1.41 bits per heavy atom. The van der Waals surface area contributed by atoms with E-state index in [0.29, 0.717) is 0 Å². The Morgan fingerprint density at radius 3 is 2.06 bits per heavy atom. The third-order valence-electron chi connectivity index (χ3n) is 2.28. The maximum atomic E-state index is 9.43. The molecule has 2 nitrogen and oxygen atoms in total. The van der Waals surface area contributed by atoms with Crippen molar-refractivity contribution in [1.82, 2.24) is 0 Å². The van der Waals surface area contributed by atoms with Gasteiger partial charge in [-0.05, 0) is 55.0 Å². The lowest BCUT2D eigenvalue weighted by molar-refractivity contribution is 0.474. The Hall–Kier alpha value is -2.40. The smallest absolute Gasteiger partial charge is 0.117 e. The summed E-state index contributed by atoms with van der Waals surface area (Å²) in [4.78, 5) is 0. The van der Waals surface area contributed by atoms with Crippen molar-refractivity contribution in [1.29, 1.82) is 0 Å². The van der Waals surface area contributed by atoms with Gasteiger partial charge in [0, 0.05) is 11.1 Å². The molecule has 0 aliphatic heterocycles. The predicted molar refractivity (Wildman–Crippen MR) is 66.9 cm³/mol. The molecule has 0 radical (unpaired) electrons. The zero-order valence-corrected chi connectivity index (χ0v) is 9.44. The molecule has 0 amide bonds. The minimum Gasteiger partial charge on any atom is -0.508 e. The lowest BCUT2D eigenvalue weighted by Crippen LogP contribution is -1.79. The van der Waals surface area contributed by atoms with Gasteiger partial charge in [-0.15, -0.1) is 0 Å². The molecule has 0 aromatic heterocycles. The largest absolute Gasteiger partial charge is 0.508 e. The highest BCUT2D eigenvalue weighted by molar-refractivity contribution is 5.47. The van der Waals surface area contributed by atoms with E-state index in [0.717, 1.165) is 16.7 Å². The number of phenols is 2. The Labute approximate surface area is 100 Å². The molecule has 0 saturated carbocycles. The standard InChI is InChI=1S/C15H12O2/c1-11-8-13(10-15(17)9-11)3-2-12-4-6-14(16)7-5-12/h4-10,16-17H,1H3. The first-order chi connectivity index (χ1) is 8.13. The summed E-state index contributed by atoms with van der Waals surface area (Å²) in [6.45, 7) is 1.91. The fourth-order valence-electron chi connectivity index (χ4n) is 1.52. The highest BCUT2D eigenvalue weighted by Gasteiger charge is 1.94. The van der Waals surface area contributed by atoms with Gasteiger partial charge in [0.25, 0.3) is 0 Å². The van der Waals surface area contributed by atoms with Crippen LogP contribution in [0.4, 0.5) is 0 Å². The van der Waals surface area contributed by atoms with Crippen LogP contribution in [-0.4, -0.2) is 10.2 Å². The van der Waals surface area contributed by atoms with Crippen molar-refractivity contribution < 1.29 is 10.2 Å². The number of aromatic hydroxyl groups is 2. The summed E-state index contributed by atoms with van der Waals surface area (Å²) in [7, 11) is 0. The molecule has 0 atom stereocenters. The van der Waals surface area contributed by atoms with E-state index in [1.807, 2.05) is 13.0 Å². The van der Waals surface area contributed by atoms with Crippen LogP contribution in [0.25, 0.3) is 0 Å². The maximum Gasteiger partial charge on any atom is 0.117 e. The molecular formula is C15H12O2. The first-order valence-corrected chi connectivity index (χ1v) is 5.25. The van der Waals surface area contributed by atoms with E-state index in [-0.39, 0.29) is 11.5 Å². The van der Waals surface area contributed by atoms with E-state index in [4.69, 9.17) is 5.11 Å². The number of phenolic OH excluding ortho intramolecular Hbond substituents is 2. The Balaban J connectivity index is 2.29. The van der Waals surface area contributed by atoms with Gasteiger partial charge in [0.2, 0.25) is 0 Å². The van der Waals surface area contributed by atoms with Crippen LogP contribution in [0.5, 0.6) is 11.5 Å². The van der Waals surface area contributed by atoms with Crippen molar-refractivity contribution in [3.63, 3.8) is 0 Å². The van der Waals surface area contributed by atoms with Gasteiger partial charge >= 0.3 is 0 Å². The molecule has 2 rings (SSSR count). The lowest BCUT2D eigenvalue weighted by Gasteiger charge is -1.96. The topological polar surface area (TPSA) is 40.5 Å². The van der Waals surface area contributed by atoms with Crippen molar-refractivity contribution in [3.8, 4) is 23.3 Å². The summed E-state index contributed by atoms with van der Waals surface area (Å²) >= 11 is 0. The van der Waals surface area contributed by atoms with Crippen molar-refractivity contribution in [2.24, 2.45) is 0 Å². The molecule has 0 saturated heterocycles. The molecule has 0 heterocycles. The lowest BCUT2D eigenvalue weighted by atomic mass is 10.1. The minimum atomic E-state index is 0.222. The van der Waals surface area contributed by atoms with E-state index in [1.165, 1.54) is 0 Å². The van der Waals surface area contributed by atoms with Crippen LogP contribution in [0.2, 0.25) is 0 Å². The Kier molecular flexibility index (Phi) is 3.02. The fourth-order valence-corrected chi connectivity index (χ4v) is 1.52. The highest BCUT2D eigenvalue weighted by atomic mass is 16.3. The van der Waals surface area contributed by atoms with Gasteiger partial charge in [0.1, 0.15) is 11.5 Å². The molecular weight excluding hydrogens is 212 g/mol. The third-order valence-corrected chi connectivity index (χ3v) is 2.28. The van der Waals surface area contributed by atoms with Crippen molar-refractivity contribution >= 4 is 0 Å². The molecule has 0 bridgehead atoms. The van der Waals surface area contributed by atoms with E-state index in [1.54, 1.807) is 36.4 Å². The normalized spacial score (nSPS) is 9.47. The van der Waals surface area contributed by atoms with Gasteiger partial charge < -0.3 is 10.2 Å². The predicted octanol–water partition coefficient (Wildman–Crippen LogP) is 2.81. The second-order valence-corrected chi connectivity index (χ2v) is 3.85. The van der Waals surface area contributed by atoms with Crippen molar-refractivity contribution in [2.45, 2.75) is 6.92 Å². The molecule has 0 aliphatic carbocycles. The van der Waals surface area contributed by atoms with Crippen LogP contribution in [0.3, 0.4) is 0 Å². The van der Waals surface area contributed by atoms with Crippen LogP contribution in [0.1, 0.15) is 16.7 Å². The van der Waals surface area contributed by atoms with Crippen LogP contribution in [-0.2, 0) is 0 Å². The van der Waals surface area contributed by atoms with E-state index in [9.17, 15) is 5.11 Å². The Bertz CT molecular complexity index is 566. The number of hydrogen-bond donors (Lipinski definition) is 2. The van der Waals surface area contributed by atoms with Gasteiger partial charge in [-0.3, -0.25) is 0 Å². The zero-order chi connectivity index (χ0) is 12.3. The van der Waals surface area contributed by atoms with Crippen LogP contribution < -0.4 is 0 Å². The fraction of sp³-hybridized carbons (Fsp3) is 0.0667. The van der Waals surface area contributed by atoms with Crippen LogP contribution in [0, 0.1) is 18.8 Å². The SMILES string of the molecule is Cc1cc(O)cc(C#Cc2ccc(O)cc2)c1. The summed E-state index contributed by atoms with van der Waals surface area (Å²) in [5.41, 5.74) is 2.57. The maximum absolute atomic E-state index is 9.43. The number of aryl methyl sites for hydroxylation is 1. The molecule has 2 heteroatoms. The Morgan fingerprint density at radius 1 is 0.765 bits per heavy atom. The molecule has 84 valence electrons. The second kappa shape index (κ2) is 4.63. The van der Waals surface area contributed by atoms with Gasteiger partial charge in [-0.2, -0.15) is 0 Å². The average Bonchev–Trinajstić information content (AvgIpc) is 2.27. The monoisotopic (exact) mass is 224 g/mol. The summed E-state index contributed by atoms with van der Waals surface area (Å²) in [6, 6.07) is 11.9. The zero-order valence-electron chi connectivity index (χ0n) is 9.44. The first-order valence-electron chi connectivity index (χ1n) is 5.25. The van der Waals surface area contributed by atoms with Gasteiger partial charge in [0.05, 0.1) is 0 Å². The van der Waals surface area contributed by atoms with Gasteiger partial charge in [-0.25, -0.2) is 0 Å². The molecule has 0 fully saturated rings. The quantitative estimate of drug-likeness (QED) is 0.675. The summed E-state index contributed by atoms with van der Waals surface area (Å²) in [5, 5.41) is 18.6. The number of rotatable bonds is 0. The highest BCUT2D eigenvalue weighted by Crippen LogP contribution is 2.14. The van der Waals surface area contributed by atoms with Crippen molar-refractivity contribution in [2.75, 3.05) is 0 Å². The third kappa shape index (κ3) is 3.02. The van der Waals surface area contributed by atoms with E-state index >= 15 is 0 Å². The molecule has 2 N–H and O–H groups in total. The minimum absolute atomic E-state index is 0.222. The molecule has 17 heavy (non-hydrogen) atoms. The first kappa shape index (κ1) is 11.1. The van der Waals surface area contributed by atoms with Gasteiger partial charge in [-0.1, -0.05) is 11.8 Å². The van der Waals surface area contributed by atoms with Crippen LogP contribution >= 0.6 is 0 Å². The molecule has 2 aromatic carbocycles. The van der Waals surface area contributed by atoms with E-state index < -0.39 is 0 Å². The number of hydrogen-bond acceptors (Lipinski definition) is 2. The molecule has 0 unspecified atom stereocenters. The molecule has 2 aromatic rings. The number of benzene rings is 2. The summed E-state index contributed by atoms with van der Waals surface area (Å²) < 4.78 is 0. The average molecular weight is 224 g/mol. The summed E-state index contributed by atoms with van der Waals surface area (Å²) in [5.74, 6) is 6.39. The molecule has 0 aliphatic rings. The van der Waals surface area contributed by atoms with Crippen LogP contribution in [0.15, 0.2) is 42.5 Å². The van der Waals surface area contributed by atoms with Gasteiger partial charge in [0.15, 0.2) is 0 Å². The van der Waals surface area contributed by atoms with E-state index in [2.05, 4.69) is 11.8 Å².